The van der Waals surface area contributed by atoms with E-state index in [1.165, 1.54) is 0 Å². The summed E-state index contributed by atoms with van der Waals surface area (Å²) in [5.41, 5.74) is 0. The van der Waals surface area contributed by atoms with E-state index in [0.717, 1.165) is 44.1 Å². The molecule has 28 heavy (non-hydrogen) atoms. The molecule has 9 heteroatoms. The lowest BCUT2D eigenvalue weighted by atomic mass is 10.1. The van der Waals surface area contributed by atoms with E-state index < -0.39 is 9.84 Å². The molecule has 1 aromatic heterocycles. The van der Waals surface area contributed by atoms with Crippen molar-refractivity contribution in [1.29, 1.82) is 0 Å². The topological polar surface area (TPSA) is 86.7 Å². The lowest BCUT2D eigenvalue weighted by Gasteiger charge is -2.34. The second kappa shape index (κ2) is 10.6. The Morgan fingerprint density at radius 3 is 2.61 bits per heavy atom. The molecule has 7 nitrogen and oxygen atoms in total. The SMILES string of the molecule is CC(C)NC(=NCC1CCS(=O)(=O)C1)NC1CCN(c2ccccn2)CC1.I. The molecule has 0 radical (unpaired) electrons. The van der Waals surface area contributed by atoms with Crippen molar-refractivity contribution in [3.63, 3.8) is 0 Å². The number of sulfone groups is 1. The number of hydrogen-bond donors (Lipinski definition) is 2. The molecule has 0 aromatic carbocycles. The van der Waals surface area contributed by atoms with Crippen LogP contribution in [-0.2, 0) is 9.84 Å². The molecule has 0 aliphatic carbocycles. The molecule has 2 fully saturated rings. The number of aromatic nitrogens is 1. The van der Waals surface area contributed by atoms with E-state index in [2.05, 4.69) is 45.4 Å². The minimum absolute atomic E-state index is 0. The number of hydrogen-bond acceptors (Lipinski definition) is 5. The van der Waals surface area contributed by atoms with Gasteiger partial charge in [0.1, 0.15) is 5.82 Å². The molecule has 0 spiro atoms. The average Bonchev–Trinajstić information content (AvgIpc) is 2.99. The highest BCUT2D eigenvalue weighted by atomic mass is 127. The summed E-state index contributed by atoms with van der Waals surface area (Å²) in [5, 5.41) is 6.92. The zero-order chi connectivity index (χ0) is 19.3. The second-order valence-corrected chi connectivity index (χ2v) is 10.1. The van der Waals surface area contributed by atoms with Gasteiger partial charge in [0.15, 0.2) is 15.8 Å². The van der Waals surface area contributed by atoms with Crippen molar-refractivity contribution in [1.82, 2.24) is 15.6 Å². The summed E-state index contributed by atoms with van der Waals surface area (Å²) >= 11 is 0. The standard InChI is InChI=1S/C19H31N5O2S.HI/c1-15(2)22-19(21-13-16-8-12-27(25,26)14-16)23-17-6-10-24(11-7-17)18-5-3-4-9-20-18;/h3-5,9,15-17H,6-8,10-14H2,1-2H3,(H2,21,22,23);1H. The Hall–Kier alpha value is -1.10. The number of nitrogens with one attached hydrogen (secondary N) is 2. The van der Waals surface area contributed by atoms with Crippen LogP contribution in [0.2, 0.25) is 0 Å². The minimum atomic E-state index is -2.85. The molecule has 0 amide bonds. The number of aliphatic imine (C=N–C) groups is 1. The Balaban J connectivity index is 0.00000280. The van der Waals surface area contributed by atoms with Crippen LogP contribution in [0, 0.1) is 5.92 Å². The smallest absolute Gasteiger partial charge is 0.191 e. The third-order valence-corrected chi connectivity index (χ3v) is 6.91. The highest BCUT2D eigenvalue weighted by molar-refractivity contribution is 14.0. The molecule has 2 saturated heterocycles. The van der Waals surface area contributed by atoms with Gasteiger partial charge in [-0.2, -0.15) is 0 Å². The zero-order valence-electron chi connectivity index (χ0n) is 16.7. The lowest BCUT2D eigenvalue weighted by Crippen LogP contribution is -2.50. The van der Waals surface area contributed by atoms with Gasteiger partial charge in [0, 0.05) is 37.9 Å². The fraction of sp³-hybridized carbons (Fsp3) is 0.684. The first-order chi connectivity index (χ1) is 12.9. The molecule has 0 bridgehead atoms. The molecule has 3 heterocycles. The summed E-state index contributed by atoms with van der Waals surface area (Å²) < 4.78 is 23.3. The van der Waals surface area contributed by atoms with Gasteiger partial charge in [-0.25, -0.2) is 13.4 Å². The molecule has 2 aliphatic rings. The quantitative estimate of drug-likeness (QED) is 0.351. The first-order valence-corrected chi connectivity index (χ1v) is 11.7. The van der Waals surface area contributed by atoms with Crippen molar-refractivity contribution in [2.24, 2.45) is 10.9 Å². The Kier molecular flexibility index (Phi) is 8.79. The molecular formula is C19H32IN5O2S. The highest BCUT2D eigenvalue weighted by Gasteiger charge is 2.28. The Morgan fingerprint density at radius 1 is 1.29 bits per heavy atom. The van der Waals surface area contributed by atoms with Crippen molar-refractivity contribution in [2.45, 2.75) is 45.2 Å². The van der Waals surface area contributed by atoms with Crippen molar-refractivity contribution in [3.8, 4) is 0 Å². The van der Waals surface area contributed by atoms with E-state index in [9.17, 15) is 8.42 Å². The third-order valence-electron chi connectivity index (χ3n) is 5.07. The molecular weight excluding hydrogens is 489 g/mol. The summed E-state index contributed by atoms with van der Waals surface area (Å²) in [6.07, 6.45) is 4.60. The number of guanidine groups is 1. The van der Waals surface area contributed by atoms with Gasteiger partial charge in [-0.3, -0.25) is 4.99 Å². The third kappa shape index (κ3) is 7.06. The zero-order valence-corrected chi connectivity index (χ0v) is 19.8. The predicted octanol–water partition coefficient (Wildman–Crippen LogP) is 2.05. The van der Waals surface area contributed by atoms with Gasteiger partial charge in [-0.05, 0) is 51.2 Å². The Labute approximate surface area is 185 Å². The van der Waals surface area contributed by atoms with Crippen LogP contribution >= 0.6 is 24.0 Å². The minimum Gasteiger partial charge on any atom is -0.356 e. The number of rotatable bonds is 5. The largest absolute Gasteiger partial charge is 0.356 e. The van der Waals surface area contributed by atoms with E-state index in [1.807, 2.05) is 18.3 Å². The highest BCUT2D eigenvalue weighted by Crippen LogP contribution is 2.19. The monoisotopic (exact) mass is 521 g/mol. The number of nitrogens with zero attached hydrogens (tertiary/aromatic N) is 3. The van der Waals surface area contributed by atoms with E-state index in [-0.39, 0.29) is 41.7 Å². The number of halogens is 1. The van der Waals surface area contributed by atoms with Crippen LogP contribution in [0.3, 0.4) is 0 Å². The van der Waals surface area contributed by atoms with Gasteiger partial charge in [0.25, 0.3) is 0 Å². The molecule has 158 valence electrons. The first-order valence-electron chi connectivity index (χ1n) is 9.85. The van der Waals surface area contributed by atoms with Crippen LogP contribution in [0.15, 0.2) is 29.4 Å². The molecule has 3 rings (SSSR count). The van der Waals surface area contributed by atoms with Gasteiger partial charge in [-0.1, -0.05) is 6.07 Å². The summed E-state index contributed by atoms with van der Waals surface area (Å²) in [7, 11) is -2.85. The fourth-order valence-corrected chi connectivity index (χ4v) is 5.48. The maximum Gasteiger partial charge on any atom is 0.191 e. The van der Waals surface area contributed by atoms with Gasteiger partial charge >= 0.3 is 0 Å². The van der Waals surface area contributed by atoms with Crippen molar-refractivity contribution in [2.75, 3.05) is 36.0 Å². The molecule has 2 N–H and O–H groups in total. The van der Waals surface area contributed by atoms with Gasteiger partial charge in [-0.15, -0.1) is 24.0 Å². The maximum absolute atomic E-state index is 11.6. The Morgan fingerprint density at radius 2 is 2.04 bits per heavy atom. The molecule has 1 aromatic rings. The number of pyridine rings is 1. The summed E-state index contributed by atoms with van der Waals surface area (Å²) in [5.74, 6) is 2.55. The van der Waals surface area contributed by atoms with Crippen LogP contribution in [-0.4, -0.2) is 62.6 Å². The number of anilines is 1. The first kappa shape index (κ1) is 23.2. The fourth-order valence-electron chi connectivity index (χ4n) is 3.63. The lowest BCUT2D eigenvalue weighted by molar-refractivity contribution is 0.456. The van der Waals surface area contributed by atoms with E-state index in [1.54, 1.807) is 0 Å². The van der Waals surface area contributed by atoms with Crippen molar-refractivity contribution < 1.29 is 8.42 Å². The molecule has 2 aliphatic heterocycles. The molecule has 1 atom stereocenters. The van der Waals surface area contributed by atoms with Gasteiger partial charge in [0.2, 0.25) is 0 Å². The van der Waals surface area contributed by atoms with Crippen LogP contribution < -0.4 is 15.5 Å². The van der Waals surface area contributed by atoms with Crippen LogP contribution in [0.4, 0.5) is 5.82 Å². The van der Waals surface area contributed by atoms with Gasteiger partial charge in [0.05, 0.1) is 11.5 Å². The van der Waals surface area contributed by atoms with Crippen LogP contribution in [0.25, 0.3) is 0 Å². The van der Waals surface area contributed by atoms with Crippen LogP contribution in [0.5, 0.6) is 0 Å². The van der Waals surface area contributed by atoms with Crippen molar-refractivity contribution >= 4 is 45.6 Å². The van der Waals surface area contributed by atoms with Crippen LogP contribution in [0.1, 0.15) is 33.1 Å². The summed E-state index contributed by atoms with van der Waals surface area (Å²) in [4.78, 5) is 11.4. The molecule has 1 unspecified atom stereocenters. The van der Waals surface area contributed by atoms with E-state index >= 15 is 0 Å². The second-order valence-electron chi connectivity index (χ2n) is 7.85. The Bertz CT molecular complexity index is 734. The van der Waals surface area contributed by atoms with E-state index in [4.69, 9.17) is 0 Å². The average molecular weight is 521 g/mol. The summed E-state index contributed by atoms with van der Waals surface area (Å²) in [6.45, 7) is 6.66. The van der Waals surface area contributed by atoms with Gasteiger partial charge < -0.3 is 15.5 Å². The van der Waals surface area contributed by atoms with Crippen molar-refractivity contribution in [3.05, 3.63) is 24.4 Å². The molecule has 0 saturated carbocycles. The van der Waals surface area contributed by atoms with E-state index in [0.29, 0.717) is 18.3 Å². The normalized spacial score (nSPS) is 22.8. The number of piperidine rings is 1. The summed E-state index contributed by atoms with van der Waals surface area (Å²) in [6, 6.07) is 6.65. The predicted molar refractivity (Wildman–Crippen MR) is 125 cm³/mol. The maximum atomic E-state index is 11.6.